The van der Waals surface area contributed by atoms with Gasteiger partial charge >= 0.3 is 0 Å². The van der Waals surface area contributed by atoms with Gasteiger partial charge < -0.3 is 10.2 Å². The maximum atomic E-state index is 13.7. The zero-order valence-corrected chi connectivity index (χ0v) is 14.0. The lowest BCUT2D eigenvalue weighted by atomic mass is 10.2. The van der Waals surface area contributed by atoms with Gasteiger partial charge in [0.05, 0.1) is 11.4 Å². The number of carbonyl (C=O) groups is 2. The van der Waals surface area contributed by atoms with Gasteiger partial charge in [0, 0.05) is 16.6 Å². The molecule has 0 aliphatic carbocycles. The summed E-state index contributed by atoms with van der Waals surface area (Å²) in [5.74, 6) is -1.04. The summed E-state index contributed by atoms with van der Waals surface area (Å²) in [5, 5.41) is 2.66. The van der Waals surface area contributed by atoms with Crippen LogP contribution in [0.2, 0.25) is 0 Å². The van der Waals surface area contributed by atoms with Gasteiger partial charge in [-0.3, -0.25) is 9.59 Å². The molecular weight excluding hydrogens is 327 g/mol. The molecule has 0 unspecified atom stereocenters. The van der Waals surface area contributed by atoms with Crippen molar-refractivity contribution >= 4 is 35.0 Å². The van der Waals surface area contributed by atoms with Crippen LogP contribution in [0.25, 0.3) is 0 Å². The van der Waals surface area contributed by atoms with E-state index in [9.17, 15) is 14.0 Å². The summed E-state index contributed by atoms with van der Waals surface area (Å²) in [6.07, 6.45) is 0.353. The van der Waals surface area contributed by atoms with Crippen LogP contribution in [0.5, 0.6) is 0 Å². The van der Waals surface area contributed by atoms with E-state index in [1.165, 1.54) is 17.0 Å². The molecule has 2 aromatic carbocycles. The van der Waals surface area contributed by atoms with Crippen LogP contribution in [0, 0.1) is 5.82 Å². The largest absolute Gasteiger partial charge is 0.322 e. The van der Waals surface area contributed by atoms with Crippen LogP contribution >= 0.6 is 11.8 Å². The van der Waals surface area contributed by atoms with Gasteiger partial charge in [-0.2, -0.15) is 0 Å². The fraction of sp³-hybridized carbons (Fsp3) is 0.222. The van der Waals surface area contributed by atoms with Crippen LogP contribution < -0.4 is 10.2 Å². The van der Waals surface area contributed by atoms with Crippen molar-refractivity contribution in [3.63, 3.8) is 0 Å². The molecule has 1 heterocycles. The van der Waals surface area contributed by atoms with E-state index in [1.807, 2.05) is 31.2 Å². The summed E-state index contributed by atoms with van der Waals surface area (Å²) in [6.45, 7) is 1.85. The van der Waals surface area contributed by atoms with E-state index in [0.717, 1.165) is 10.6 Å². The zero-order chi connectivity index (χ0) is 17.1. The predicted molar refractivity (Wildman–Crippen MR) is 93.8 cm³/mol. The van der Waals surface area contributed by atoms with Gasteiger partial charge in [-0.15, -0.1) is 11.8 Å². The molecule has 0 fully saturated rings. The number of hydrogen-bond acceptors (Lipinski definition) is 3. The Labute approximate surface area is 144 Å². The van der Waals surface area contributed by atoms with Crippen molar-refractivity contribution in [2.45, 2.75) is 23.5 Å². The lowest BCUT2D eigenvalue weighted by Crippen LogP contribution is -2.38. The molecule has 2 aromatic rings. The standard InChI is InChI=1S/C18H17FN2O2S/c1-12-10-18(23)21(15-8-4-5-9-16(15)24-12)11-17(22)20-14-7-3-2-6-13(14)19/h2-9,12H,10-11H2,1H3,(H,20,22)/t12-/m1/s1. The van der Waals surface area contributed by atoms with Crippen LogP contribution in [0.1, 0.15) is 13.3 Å². The second-order valence-electron chi connectivity index (χ2n) is 5.61. The lowest BCUT2D eigenvalue weighted by molar-refractivity contribution is -0.121. The van der Waals surface area contributed by atoms with Gasteiger partial charge in [0.1, 0.15) is 12.4 Å². The number of anilines is 2. The SMILES string of the molecule is C[C@@H]1CC(=O)N(CC(=O)Nc2ccccc2F)c2ccccc2S1. The minimum atomic E-state index is -0.502. The molecule has 24 heavy (non-hydrogen) atoms. The average molecular weight is 344 g/mol. The minimum absolute atomic E-state index is 0.108. The van der Waals surface area contributed by atoms with Crippen molar-refractivity contribution in [3.05, 3.63) is 54.3 Å². The van der Waals surface area contributed by atoms with Crippen molar-refractivity contribution in [3.8, 4) is 0 Å². The van der Waals surface area contributed by atoms with E-state index in [0.29, 0.717) is 6.42 Å². The summed E-state index contributed by atoms with van der Waals surface area (Å²) in [7, 11) is 0. The molecule has 6 heteroatoms. The second kappa shape index (κ2) is 7.05. The first-order chi connectivity index (χ1) is 11.5. The minimum Gasteiger partial charge on any atom is -0.322 e. The number of fused-ring (bicyclic) bond motifs is 1. The number of hydrogen-bond donors (Lipinski definition) is 1. The van der Waals surface area contributed by atoms with Gasteiger partial charge in [0.2, 0.25) is 11.8 Å². The Kier molecular flexibility index (Phi) is 4.85. The average Bonchev–Trinajstić information content (AvgIpc) is 2.66. The van der Waals surface area contributed by atoms with Crippen LogP contribution in [0.3, 0.4) is 0 Å². The van der Waals surface area contributed by atoms with Crippen LogP contribution in [-0.4, -0.2) is 23.6 Å². The van der Waals surface area contributed by atoms with E-state index >= 15 is 0 Å². The number of para-hydroxylation sites is 2. The van der Waals surface area contributed by atoms with E-state index < -0.39 is 11.7 Å². The third-order valence-corrected chi connectivity index (χ3v) is 4.87. The van der Waals surface area contributed by atoms with Crippen molar-refractivity contribution in [2.24, 2.45) is 0 Å². The fourth-order valence-corrected chi connectivity index (χ4v) is 3.71. The first-order valence-electron chi connectivity index (χ1n) is 7.65. The predicted octanol–water partition coefficient (Wildman–Crippen LogP) is 3.68. The molecule has 1 aliphatic heterocycles. The zero-order valence-electron chi connectivity index (χ0n) is 13.2. The topological polar surface area (TPSA) is 49.4 Å². The Balaban J connectivity index is 1.81. The summed E-state index contributed by atoms with van der Waals surface area (Å²) < 4.78 is 13.7. The van der Waals surface area contributed by atoms with Gasteiger partial charge in [-0.25, -0.2) is 4.39 Å². The molecule has 0 bridgehead atoms. The molecule has 0 radical (unpaired) electrons. The first kappa shape index (κ1) is 16.5. The van der Waals surface area contributed by atoms with Gasteiger partial charge in [0.15, 0.2) is 0 Å². The van der Waals surface area contributed by atoms with Crippen molar-refractivity contribution in [1.29, 1.82) is 0 Å². The molecule has 1 aliphatic rings. The Morgan fingerprint density at radius 3 is 2.75 bits per heavy atom. The highest BCUT2D eigenvalue weighted by atomic mass is 32.2. The highest BCUT2D eigenvalue weighted by Crippen LogP contribution is 2.37. The van der Waals surface area contributed by atoms with E-state index in [-0.39, 0.29) is 23.4 Å². The monoisotopic (exact) mass is 344 g/mol. The summed E-state index contributed by atoms with van der Waals surface area (Å²) >= 11 is 1.62. The van der Waals surface area contributed by atoms with Crippen molar-refractivity contribution in [1.82, 2.24) is 0 Å². The van der Waals surface area contributed by atoms with Crippen LogP contribution in [0.15, 0.2) is 53.4 Å². The second-order valence-corrected chi connectivity index (χ2v) is 7.09. The maximum absolute atomic E-state index is 13.7. The molecular formula is C18H17FN2O2S. The molecule has 3 rings (SSSR count). The van der Waals surface area contributed by atoms with Crippen molar-refractivity contribution < 1.29 is 14.0 Å². The molecule has 0 saturated carbocycles. The van der Waals surface area contributed by atoms with Crippen molar-refractivity contribution in [2.75, 3.05) is 16.8 Å². The highest BCUT2D eigenvalue weighted by molar-refractivity contribution is 8.00. The quantitative estimate of drug-likeness (QED) is 0.924. The normalized spacial score (nSPS) is 17.2. The smallest absolute Gasteiger partial charge is 0.244 e. The van der Waals surface area contributed by atoms with Gasteiger partial charge in [-0.1, -0.05) is 31.2 Å². The lowest BCUT2D eigenvalue weighted by Gasteiger charge is -2.22. The summed E-state index contributed by atoms with van der Waals surface area (Å²) in [4.78, 5) is 27.2. The number of amides is 2. The molecule has 1 N–H and O–H groups in total. The highest BCUT2D eigenvalue weighted by Gasteiger charge is 2.27. The van der Waals surface area contributed by atoms with Gasteiger partial charge in [-0.05, 0) is 24.3 Å². The first-order valence-corrected chi connectivity index (χ1v) is 8.53. The number of nitrogens with one attached hydrogen (secondary N) is 1. The molecule has 2 amide bonds. The Morgan fingerprint density at radius 2 is 1.96 bits per heavy atom. The fourth-order valence-electron chi connectivity index (χ4n) is 2.60. The summed E-state index contributed by atoms with van der Waals surface area (Å²) in [6, 6.07) is 13.5. The van der Waals surface area contributed by atoms with Crippen LogP contribution in [-0.2, 0) is 9.59 Å². The van der Waals surface area contributed by atoms with E-state index in [2.05, 4.69) is 5.32 Å². The molecule has 0 saturated heterocycles. The van der Waals surface area contributed by atoms with E-state index in [4.69, 9.17) is 0 Å². The Morgan fingerprint density at radius 1 is 1.25 bits per heavy atom. The number of rotatable bonds is 3. The Bertz CT molecular complexity index is 781. The maximum Gasteiger partial charge on any atom is 0.244 e. The molecule has 0 aromatic heterocycles. The number of halogens is 1. The summed E-state index contributed by atoms with van der Waals surface area (Å²) in [5.41, 5.74) is 0.835. The molecule has 1 atom stereocenters. The number of thioether (sulfide) groups is 1. The van der Waals surface area contributed by atoms with Gasteiger partial charge in [0.25, 0.3) is 0 Å². The Hall–Kier alpha value is -2.34. The third kappa shape index (κ3) is 3.59. The molecule has 4 nitrogen and oxygen atoms in total. The van der Waals surface area contributed by atoms with Crippen LogP contribution in [0.4, 0.5) is 15.8 Å². The van der Waals surface area contributed by atoms with E-state index in [1.54, 1.807) is 23.9 Å². The number of carbonyl (C=O) groups excluding carboxylic acids is 2. The molecule has 124 valence electrons. The molecule has 0 spiro atoms. The number of benzene rings is 2. The number of nitrogens with zero attached hydrogens (tertiary/aromatic N) is 1. The third-order valence-electron chi connectivity index (χ3n) is 3.70.